The van der Waals surface area contributed by atoms with E-state index < -0.39 is 0 Å². The van der Waals surface area contributed by atoms with Gasteiger partial charge in [-0.3, -0.25) is 9.89 Å². The minimum atomic E-state index is -0.0176. The number of carbonyl (C=O) groups is 1. The Balaban J connectivity index is 1.67. The van der Waals surface area contributed by atoms with Crippen molar-refractivity contribution in [2.24, 2.45) is 0 Å². The number of H-pyrrole nitrogens is 1. The average molecular weight is 299 g/mol. The molecule has 0 aliphatic carbocycles. The fourth-order valence-electron chi connectivity index (χ4n) is 2.33. The average Bonchev–Trinajstić information content (AvgIpc) is 3.04. The van der Waals surface area contributed by atoms with E-state index >= 15 is 0 Å². The van der Waals surface area contributed by atoms with Crippen molar-refractivity contribution in [2.45, 2.75) is 26.3 Å². The minimum Gasteiger partial charge on any atom is -0.348 e. The first-order valence-corrected chi connectivity index (χ1v) is 7.74. The number of aryl methyl sites for hydroxylation is 1. The lowest BCUT2D eigenvalue weighted by Gasteiger charge is -2.11. The predicted octanol–water partition coefficient (Wildman–Crippen LogP) is 3.29. The molecule has 2 N–H and O–H groups in total. The second-order valence-electron chi connectivity index (χ2n) is 5.27. The molecule has 0 bridgehead atoms. The topological polar surface area (TPSA) is 57.8 Å². The first-order valence-electron chi connectivity index (χ1n) is 6.92. The molecule has 0 saturated heterocycles. The smallest absolute Gasteiger partial charge is 0.261 e. The number of hydrogen-bond acceptors (Lipinski definition) is 3. The molecule has 21 heavy (non-hydrogen) atoms. The Hall–Kier alpha value is -2.14. The molecule has 5 heteroatoms. The van der Waals surface area contributed by atoms with Gasteiger partial charge in [0.05, 0.1) is 10.6 Å². The van der Waals surface area contributed by atoms with Crippen molar-refractivity contribution in [3.8, 4) is 0 Å². The van der Waals surface area contributed by atoms with E-state index in [2.05, 4.69) is 15.5 Å². The molecule has 1 atom stereocenters. The van der Waals surface area contributed by atoms with E-state index in [9.17, 15) is 4.79 Å². The van der Waals surface area contributed by atoms with Crippen molar-refractivity contribution < 1.29 is 4.79 Å². The highest BCUT2D eigenvalue weighted by Crippen LogP contribution is 2.25. The quantitative estimate of drug-likeness (QED) is 0.776. The van der Waals surface area contributed by atoms with Gasteiger partial charge in [-0.15, -0.1) is 11.3 Å². The highest BCUT2D eigenvalue weighted by atomic mass is 32.1. The second-order valence-corrected chi connectivity index (χ2v) is 6.35. The molecule has 3 aromatic rings. The van der Waals surface area contributed by atoms with Crippen molar-refractivity contribution in [3.63, 3.8) is 0 Å². The predicted molar refractivity (Wildman–Crippen MR) is 85.8 cm³/mol. The molecule has 0 aliphatic heterocycles. The molecule has 2 aromatic heterocycles. The van der Waals surface area contributed by atoms with Crippen LogP contribution in [-0.4, -0.2) is 22.1 Å². The normalized spacial score (nSPS) is 12.5. The number of fused-ring (bicyclic) bond motifs is 1. The number of carbonyl (C=O) groups excluding carboxylic acids is 1. The highest BCUT2D eigenvalue weighted by Gasteiger charge is 2.14. The Morgan fingerprint density at radius 1 is 1.38 bits per heavy atom. The number of thiophene rings is 1. The molecule has 1 amide bonds. The van der Waals surface area contributed by atoms with Crippen molar-refractivity contribution >= 4 is 27.3 Å². The summed E-state index contributed by atoms with van der Waals surface area (Å²) in [6.07, 6.45) is 0.723. The molecule has 0 spiro atoms. The molecule has 3 rings (SSSR count). The van der Waals surface area contributed by atoms with Crippen molar-refractivity contribution in [1.82, 2.24) is 15.5 Å². The summed E-state index contributed by atoms with van der Waals surface area (Å²) in [5.74, 6) is -0.0176. The number of aromatic amines is 1. The number of benzene rings is 1. The molecule has 2 heterocycles. The summed E-state index contributed by atoms with van der Waals surface area (Å²) in [6.45, 7) is 3.96. The molecule has 0 radical (unpaired) electrons. The molecular formula is C16H17N3OS. The Morgan fingerprint density at radius 3 is 2.90 bits per heavy atom. The lowest BCUT2D eigenvalue weighted by molar-refractivity contribution is 0.0944. The van der Waals surface area contributed by atoms with E-state index in [1.54, 1.807) is 0 Å². The van der Waals surface area contributed by atoms with Gasteiger partial charge in [-0.05, 0) is 37.4 Å². The standard InChI is InChI=1S/C16H17N3OS/c1-10(7-13-8-11(2)18-19-13)17-16(20)15-9-12-5-3-4-6-14(12)21-15/h3-6,8-10H,7H2,1-2H3,(H,17,20)(H,18,19). The van der Waals surface area contributed by atoms with Crippen LogP contribution in [0.3, 0.4) is 0 Å². The van der Waals surface area contributed by atoms with Crippen LogP contribution < -0.4 is 5.32 Å². The Morgan fingerprint density at radius 2 is 2.19 bits per heavy atom. The summed E-state index contributed by atoms with van der Waals surface area (Å²) in [7, 11) is 0. The molecular weight excluding hydrogens is 282 g/mol. The van der Waals surface area contributed by atoms with E-state index in [0.29, 0.717) is 0 Å². The maximum atomic E-state index is 12.3. The first kappa shape index (κ1) is 13.8. The van der Waals surface area contributed by atoms with Crippen molar-refractivity contribution in [3.05, 3.63) is 52.7 Å². The van der Waals surface area contributed by atoms with Gasteiger partial charge in [-0.25, -0.2) is 0 Å². The lowest BCUT2D eigenvalue weighted by Crippen LogP contribution is -2.33. The van der Waals surface area contributed by atoms with Gasteiger partial charge in [0, 0.05) is 22.9 Å². The van der Waals surface area contributed by atoms with Gasteiger partial charge in [0.1, 0.15) is 0 Å². The maximum Gasteiger partial charge on any atom is 0.261 e. The number of nitrogens with zero attached hydrogens (tertiary/aromatic N) is 1. The van der Waals surface area contributed by atoms with Crippen molar-refractivity contribution in [1.29, 1.82) is 0 Å². The van der Waals surface area contributed by atoms with Crippen LogP contribution in [0.2, 0.25) is 0 Å². The Kier molecular flexibility index (Phi) is 3.75. The third-order valence-electron chi connectivity index (χ3n) is 3.30. The number of aromatic nitrogens is 2. The van der Waals surface area contributed by atoms with E-state index in [1.807, 2.05) is 50.2 Å². The van der Waals surface area contributed by atoms with Gasteiger partial charge in [0.15, 0.2) is 0 Å². The van der Waals surface area contributed by atoms with E-state index in [4.69, 9.17) is 0 Å². The summed E-state index contributed by atoms with van der Waals surface area (Å²) in [5.41, 5.74) is 2.00. The minimum absolute atomic E-state index is 0.0176. The number of amides is 1. The number of hydrogen-bond donors (Lipinski definition) is 2. The molecule has 1 unspecified atom stereocenters. The second kappa shape index (κ2) is 5.69. The van der Waals surface area contributed by atoms with Crippen LogP contribution in [0.4, 0.5) is 0 Å². The first-order chi connectivity index (χ1) is 10.1. The van der Waals surface area contributed by atoms with E-state index in [0.717, 1.165) is 32.8 Å². The summed E-state index contributed by atoms with van der Waals surface area (Å²) >= 11 is 1.52. The number of nitrogens with one attached hydrogen (secondary N) is 2. The van der Waals surface area contributed by atoms with Gasteiger partial charge in [0.25, 0.3) is 5.91 Å². The third-order valence-corrected chi connectivity index (χ3v) is 4.42. The van der Waals surface area contributed by atoms with Gasteiger partial charge >= 0.3 is 0 Å². The van der Waals surface area contributed by atoms with Crippen LogP contribution in [0.15, 0.2) is 36.4 Å². The largest absolute Gasteiger partial charge is 0.348 e. The van der Waals surface area contributed by atoms with Gasteiger partial charge in [-0.2, -0.15) is 5.10 Å². The van der Waals surface area contributed by atoms with Crippen LogP contribution in [0.1, 0.15) is 28.0 Å². The molecule has 1 aromatic carbocycles. The molecule has 4 nitrogen and oxygen atoms in total. The zero-order valence-electron chi connectivity index (χ0n) is 12.0. The lowest BCUT2D eigenvalue weighted by atomic mass is 10.1. The van der Waals surface area contributed by atoms with Crippen LogP contribution >= 0.6 is 11.3 Å². The SMILES string of the molecule is Cc1cc(CC(C)NC(=O)c2cc3ccccc3s2)n[nH]1. The van der Waals surface area contributed by atoms with Crippen LogP contribution in [0, 0.1) is 6.92 Å². The zero-order chi connectivity index (χ0) is 14.8. The van der Waals surface area contributed by atoms with Crippen LogP contribution in [0.5, 0.6) is 0 Å². The summed E-state index contributed by atoms with van der Waals surface area (Å²) in [6, 6.07) is 12.0. The summed E-state index contributed by atoms with van der Waals surface area (Å²) in [5, 5.41) is 11.3. The molecule has 0 saturated carbocycles. The molecule has 108 valence electrons. The Labute approximate surface area is 127 Å². The molecule has 0 fully saturated rings. The van der Waals surface area contributed by atoms with Crippen LogP contribution in [0.25, 0.3) is 10.1 Å². The monoisotopic (exact) mass is 299 g/mol. The van der Waals surface area contributed by atoms with E-state index in [1.165, 1.54) is 11.3 Å². The fourth-order valence-corrected chi connectivity index (χ4v) is 3.30. The summed E-state index contributed by atoms with van der Waals surface area (Å²) < 4.78 is 1.14. The number of rotatable bonds is 4. The van der Waals surface area contributed by atoms with Gasteiger partial charge < -0.3 is 5.32 Å². The van der Waals surface area contributed by atoms with Gasteiger partial charge in [0.2, 0.25) is 0 Å². The van der Waals surface area contributed by atoms with E-state index in [-0.39, 0.29) is 11.9 Å². The Bertz CT molecular complexity index is 742. The fraction of sp³-hybridized carbons (Fsp3) is 0.250. The van der Waals surface area contributed by atoms with Crippen LogP contribution in [-0.2, 0) is 6.42 Å². The van der Waals surface area contributed by atoms with Gasteiger partial charge in [-0.1, -0.05) is 18.2 Å². The zero-order valence-corrected chi connectivity index (χ0v) is 12.8. The third kappa shape index (κ3) is 3.13. The van der Waals surface area contributed by atoms with Crippen molar-refractivity contribution in [2.75, 3.05) is 0 Å². The molecule has 0 aliphatic rings. The maximum absolute atomic E-state index is 12.3. The summed E-state index contributed by atoms with van der Waals surface area (Å²) in [4.78, 5) is 13.0. The highest BCUT2D eigenvalue weighted by molar-refractivity contribution is 7.20.